The Morgan fingerprint density at radius 3 is 2.72 bits per heavy atom. The molecule has 1 saturated heterocycles. The van der Waals surface area contributed by atoms with E-state index in [0.29, 0.717) is 18.9 Å². The summed E-state index contributed by atoms with van der Waals surface area (Å²) in [5, 5.41) is 0. The number of likely N-dealkylation sites (tertiary alicyclic amines) is 1. The second-order valence-electron chi connectivity index (χ2n) is 6.47. The van der Waals surface area contributed by atoms with Gasteiger partial charge >= 0.3 is 0 Å². The fourth-order valence-electron chi connectivity index (χ4n) is 3.22. The van der Waals surface area contributed by atoms with Crippen LogP contribution in [0.1, 0.15) is 18.4 Å². The third kappa shape index (κ3) is 4.99. The van der Waals surface area contributed by atoms with E-state index in [-0.39, 0.29) is 5.91 Å². The van der Waals surface area contributed by atoms with Gasteiger partial charge in [0.1, 0.15) is 11.5 Å². The van der Waals surface area contributed by atoms with Gasteiger partial charge in [-0.3, -0.25) is 4.79 Å². The predicted octanol–water partition coefficient (Wildman–Crippen LogP) is 3.56. The fourth-order valence-corrected chi connectivity index (χ4v) is 3.22. The van der Waals surface area contributed by atoms with Gasteiger partial charge in [-0.05, 0) is 48.6 Å². The molecule has 1 aliphatic rings. The van der Waals surface area contributed by atoms with Crippen LogP contribution in [0.25, 0.3) is 0 Å². The van der Waals surface area contributed by atoms with E-state index >= 15 is 0 Å². The maximum Gasteiger partial charge on any atom is 0.227 e. The van der Waals surface area contributed by atoms with E-state index in [9.17, 15) is 4.79 Å². The summed E-state index contributed by atoms with van der Waals surface area (Å²) < 4.78 is 11.0. The third-order valence-corrected chi connectivity index (χ3v) is 4.67. The second-order valence-corrected chi connectivity index (χ2v) is 6.47. The molecule has 3 rings (SSSR count). The summed E-state index contributed by atoms with van der Waals surface area (Å²) >= 11 is 0. The van der Waals surface area contributed by atoms with E-state index in [0.717, 1.165) is 43.0 Å². The van der Waals surface area contributed by atoms with Crippen molar-refractivity contribution in [3.8, 4) is 11.5 Å². The van der Waals surface area contributed by atoms with Crippen molar-refractivity contribution in [2.75, 3.05) is 26.8 Å². The Bertz CT molecular complexity index is 687. The Labute approximate surface area is 149 Å². The minimum Gasteiger partial charge on any atom is -0.497 e. The molecule has 0 bridgehead atoms. The van der Waals surface area contributed by atoms with Crippen LogP contribution < -0.4 is 9.47 Å². The van der Waals surface area contributed by atoms with Crippen molar-refractivity contribution in [1.29, 1.82) is 0 Å². The molecule has 1 fully saturated rings. The van der Waals surface area contributed by atoms with Crippen molar-refractivity contribution in [3.05, 3.63) is 60.2 Å². The number of hydrogen-bond donors (Lipinski definition) is 0. The first-order chi connectivity index (χ1) is 12.2. The minimum absolute atomic E-state index is 0.194. The molecule has 132 valence electrons. The molecule has 2 aromatic rings. The van der Waals surface area contributed by atoms with Crippen LogP contribution in [-0.2, 0) is 11.2 Å². The molecule has 1 unspecified atom stereocenters. The Balaban J connectivity index is 1.43. The summed E-state index contributed by atoms with van der Waals surface area (Å²) in [5.74, 6) is 2.42. The number of rotatable bonds is 7. The summed E-state index contributed by atoms with van der Waals surface area (Å²) in [5.41, 5.74) is 1.00. The Hall–Kier alpha value is -2.49. The van der Waals surface area contributed by atoms with Crippen molar-refractivity contribution < 1.29 is 14.3 Å². The monoisotopic (exact) mass is 339 g/mol. The van der Waals surface area contributed by atoms with Gasteiger partial charge in [-0.25, -0.2) is 0 Å². The Kier molecular flexibility index (Phi) is 5.94. The Morgan fingerprint density at radius 2 is 1.92 bits per heavy atom. The van der Waals surface area contributed by atoms with E-state index in [4.69, 9.17) is 9.47 Å². The molecule has 4 nitrogen and oxygen atoms in total. The molecule has 1 atom stereocenters. The summed E-state index contributed by atoms with van der Waals surface area (Å²) in [6, 6.07) is 17.6. The molecule has 1 amide bonds. The molecule has 0 saturated carbocycles. The molecule has 0 spiro atoms. The third-order valence-electron chi connectivity index (χ3n) is 4.67. The zero-order valence-corrected chi connectivity index (χ0v) is 14.7. The van der Waals surface area contributed by atoms with Crippen LogP contribution in [0.15, 0.2) is 54.6 Å². The average Bonchev–Trinajstić information content (AvgIpc) is 3.12. The first-order valence-electron chi connectivity index (χ1n) is 8.83. The second kappa shape index (κ2) is 8.56. The smallest absolute Gasteiger partial charge is 0.227 e. The lowest BCUT2D eigenvalue weighted by molar-refractivity contribution is -0.129. The van der Waals surface area contributed by atoms with Gasteiger partial charge in [0.15, 0.2) is 0 Å². The highest BCUT2D eigenvalue weighted by atomic mass is 16.5. The van der Waals surface area contributed by atoms with E-state index in [1.165, 1.54) is 0 Å². The quantitative estimate of drug-likeness (QED) is 0.774. The Morgan fingerprint density at radius 1 is 1.12 bits per heavy atom. The van der Waals surface area contributed by atoms with Crippen LogP contribution in [-0.4, -0.2) is 37.6 Å². The molecule has 0 radical (unpaired) electrons. The van der Waals surface area contributed by atoms with Gasteiger partial charge in [0, 0.05) is 13.1 Å². The van der Waals surface area contributed by atoms with E-state index < -0.39 is 0 Å². The van der Waals surface area contributed by atoms with Crippen molar-refractivity contribution in [3.63, 3.8) is 0 Å². The van der Waals surface area contributed by atoms with Crippen LogP contribution in [0.2, 0.25) is 0 Å². The van der Waals surface area contributed by atoms with Crippen molar-refractivity contribution in [1.82, 2.24) is 4.90 Å². The molecule has 4 heteroatoms. The van der Waals surface area contributed by atoms with Gasteiger partial charge in [-0.15, -0.1) is 0 Å². The lowest BCUT2D eigenvalue weighted by Crippen LogP contribution is -2.30. The fraction of sp³-hybridized carbons (Fsp3) is 0.381. The van der Waals surface area contributed by atoms with Gasteiger partial charge in [-0.1, -0.05) is 30.3 Å². The minimum atomic E-state index is 0.194. The zero-order valence-electron chi connectivity index (χ0n) is 14.7. The number of ether oxygens (including phenoxy) is 2. The first kappa shape index (κ1) is 17.3. The topological polar surface area (TPSA) is 38.8 Å². The van der Waals surface area contributed by atoms with Gasteiger partial charge < -0.3 is 14.4 Å². The molecule has 1 aliphatic heterocycles. The van der Waals surface area contributed by atoms with Gasteiger partial charge in [0.2, 0.25) is 5.91 Å². The molecule has 2 aromatic carbocycles. The van der Waals surface area contributed by atoms with Crippen molar-refractivity contribution in [2.24, 2.45) is 5.92 Å². The maximum atomic E-state index is 12.5. The summed E-state index contributed by atoms with van der Waals surface area (Å²) in [6.07, 6.45) is 2.48. The number of carbonyl (C=O) groups excluding carboxylic acids is 1. The zero-order chi connectivity index (χ0) is 17.5. The van der Waals surface area contributed by atoms with Crippen molar-refractivity contribution >= 4 is 5.91 Å². The highest BCUT2D eigenvalue weighted by molar-refractivity contribution is 5.79. The molecular formula is C21H25NO3. The van der Waals surface area contributed by atoms with E-state index in [2.05, 4.69) is 0 Å². The number of para-hydroxylation sites is 1. The molecule has 25 heavy (non-hydrogen) atoms. The van der Waals surface area contributed by atoms with Gasteiger partial charge in [-0.2, -0.15) is 0 Å². The number of benzene rings is 2. The highest BCUT2D eigenvalue weighted by Crippen LogP contribution is 2.22. The van der Waals surface area contributed by atoms with Crippen molar-refractivity contribution in [2.45, 2.75) is 19.3 Å². The van der Waals surface area contributed by atoms with Crippen LogP contribution in [0.4, 0.5) is 0 Å². The molecular weight excluding hydrogens is 314 g/mol. The highest BCUT2D eigenvalue weighted by Gasteiger charge is 2.26. The number of amides is 1. The molecule has 0 aromatic heterocycles. The maximum absolute atomic E-state index is 12.5. The first-order valence-corrected chi connectivity index (χ1v) is 8.83. The lowest BCUT2D eigenvalue weighted by atomic mass is 10.1. The number of hydrogen-bond acceptors (Lipinski definition) is 3. The number of methoxy groups -OCH3 is 1. The van der Waals surface area contributed by atoms with Gasteiger partial charge in [0.05, 0.1) is 20.1 Å². The van der Waals surface area contributed by atoms with Crippen LogP contribution in [0.5, 0.6) is 11.5 Å². The predicted molar refractivity (Wildman–Crippen MR) is 97.9 cm³/mol. The van der Waals surface area contributed by atoms with Crippen LogP contribution in [0.3, 0.4) is 0 Å². The molecule has 1 heterocycles. The molecule has 0 N–H and O–H groups in total. The SMILES string of the molecule is COc1cccc(CC(=O)N2CCC(CCOc3ccccc3)C2)c1. The average molecular weight is 339 g/mol. The van der Waals surface area contributed by atoms with Crippen LogP contribution in [0, 0.1) is 5.92 Å². The largest absolute Gasteiger partial charge is 0.497 e. The summed E-state index contributed by atoms with van der Waals surface area (Å²) in [7, 11) is 1.64. The van der Waals surface area contributed by atoms with Crippen LogP contribution >= 0.6 is 0 Å². The lowest BCUT2D eigenvalue weighted by Gasteiger charge is -2.17. The number of nitrogens with zero attached hydrogens (tertiary/aromatic N) is 1. The normalized spacial score (nSPS) is 16.7. The molecule has 0 aliphatic carbocycles. The summed E-state index contributed by atoms with van der Waals surface area (Å²) in [4.78, 5) is 14.5. The van der Waals surface area contributed by atoms with E-state index in [1.807, 2.05) is 59.5 Å². The standard InChI is InChI=1S/C21H25NO3/c1-24-20-9-5-6-18(14-20)15-21(23)22-12-10-17(16-22)11-13-25-19-7-3-2-4-8-19/h2-9,14,17H,10-13,15-16H2,1H3. The summed E-state index contributed by atoms with van der Waals surface area (Å²) in [6.45, 7) is 2.38. The van der Waals surface area contributed by atoms with Gasteiger partial charge in [0.25, 0.3) is 0 Å². The van der Waals surface area contributed by atoms with E-state index in [1.54, 1.807) is 7.11 Å². The number of carbonyl (C=O) groups is 1.